The van der Waals surface area contributed by atoms with E-state index in [1.807, 2.05) is 39.0 Å². The molecule has 0 spiro atoms. The van der Waals surface area contributed by atoms with Gasteiger partial charge in [0.05, 0.1) is 18.1 Å². The van der Waals surface area contributed by atoms with Gasteiger partial charge in [0.1, 0.15) is 5.75 Å². The molecule has 1 aromatic rings. The summed E-state index contributed by atoms with van der Waals surface area (Å²) < 4.78 is 6.10. The SMILES string of the molecule is CN=C(NCC(=O)NC(C)(C)C)NCc1ccc(OC)c(Br)c1. The third-order valence-electron chi connectivity index (χ3n) is 2.83. The van der Waals surface area contributed by atoms with Crippen molar-refractivity contribution in [3.05, 3.63) is 28.2 Å². The summed E-state index contributed by atoms with van der Waals surface area (Å²) >= 11 is 3.46. The number of benzene rings is 1. The van der Waals surface area contributed by atoms with E-state index < -0.39 is 0 Å². The minimum atomic E-state index is -0.245. The quantitative estimate of drug-likeness (QED) is 0.536. The molecule has 0 saturated heterocycles. The van der Waals surface area contributed by atoms with Gasteiger partial charge in [-0.1, -0.05) is 6.07 Å². The number of nitrogens with zero attached hydrogens (tertiary/aromatic N) is 1. The van der Waals surface area contributed by atoms with Crippen LogP contribution in [0.1, 0.15) is 26.3 Å². The van der Waals surface area contributed by atoms with E-state index in [0.29, 0.717) is 12.5 Å². The lowest BCUT2D eigenvalue weighted by molar-refractivity contribution is -0.121. The van der Waals surface area contributed by atoms with Crippen molar-refractivity contribution >= 4 is 27.8 Å². The van der Waals surface area contributed by atoms with Crippen molar-refractivity contribution in [1.82, 2.24) is 16.0 Å². The molecule has 0 radical (unpaired) electrons. The molecule has 0 saturated carbocycles. The van der Waals surface area contributed by atoms with Gasteiger partial charge in [-0.15, -0.1) is 0 Å². The van der Waals surface area contributed by atoms with Crippen molar-refractivity contribution in [3.8, 4) is 5.75 Å². The predicted octanol–water partition coefficient (Wildman–Crippen LogP) is 2.04. The number of guanidine groups is 1. The Morgan fingerprint density at radius 1 is 1.30 bits per heavy atom. The van der Waals surface area contributed by atoms with Crippen LogP contribution in [-0.2, 0) is 11.3 Å². The fourth-order valence-electron chi connectivity index (χ4n) is 1.85. The first-order valence-corrected chi connectivity index (χ1v) is 8.12. The van der Waals surface area contributed by atoms with Crippen LogP contribution in [-0.4, -0.2) is 38.1 Å². The maximum absolute atomic E-state index is 11.8. The molecule has 1 rings (SSSR count). The van der Waals surface area contributed by atoms with Crippen LogP contribution in [0.25, 0.3) is 0 Å². The highest BCUT2D eigenvalue weighted by molar-refractivity contribution is 9.10. The van der Waals surface area contributed by atoms with Crippen LogP contribution in [0.5, 0.6) is 5.75 Å². The number of halogens is 1. The van der Waals surface area contributed by atoms with Crippen LogP contribution in [0.2, 0.25) is 0 Å². The topological polar surface area (TPSA) is 74.8 Å². The van der Waals surface area contributed by atoms with E-state index >= 15 is 0 Å². The molecule has 0 aliphatic heterocycles. The maximum atomic E-state index is 11.8. The van der Waals surface area contributed by atoms with Crippen molar-refractivity contribution in [2.75, 3.05) is 20.7 Å². The van der Waals surface area contributed by atoms with Gasteiger partial charge in [-0.2, -0.15) is 0 Å². The average Bonchev–Trinajstić information content (AvgIpc) is 2.45. The van der Waals surface area contributed by atoms with Gasteiger partial charge >= 0.3 is 0 Å². The maximum Gasteiger partial charge on any atom is 0.239 e. The van der Waals surface area contributed by atoms with Gasteiger partial charge in [0.2, 0.25) is 5.91 Å². The number of hydrogen-bond donors (Lipinski definition) is 3. The summed E-state index contributed by atoms with van der Waals surface area (Å²) in [6, 6.07) is 5.84. The highest BCUT2D eigenvalue weighted by Crippen LogP contribution is 2.25. The molecule has 23 heavy (non-hydrogen) atoms. The molecule has 0 aliphatic rings. The Bertz CT molecular complexity index is 568. The van der Waals surface area contributed by atoms with E-state index in [0.717, 1.165) is 15.8 Å². The number of nitrogens with one attached hydrogen (secondary N) is 3. The van der Waals surface area contributed by atoms with E-state index in [1.165, 1.54) is 0 Å². The summed E-state index contributed by atoms with van der Waals surface area (Å²) in [4.78, 5) is 15.9. The third kappa shape index (κ3) is 7.36. The molecule has 0 fully saturated rings. The highest BCUT2D eigenvalue weighted by Gasteiger charge is 2.13. The Kier molecular flexibility index (Phi) is 7.35. The zero-order valence-electron chi connectivity index (χ0n) is 14.3. The molecule has 1 amide bonds. The van der Waals surface area contributed by atoms with Crippen LogP contribution in [0.15, 0.2) is 27.7 Å². The van der Waals surface area contributed by atoms with Crippen LogP contribution >= 0.6 is 15.9 Å². The summed E-state index contributed by atoms with van der Waals surface area (Å²) in [6.45, 7) is 6.59. The molecule has 0 atom stereocenters. The lowest BCUT2D eigenvalue weighted by Crippen LogP contribution is -2.48. The molecule has 0 aromatic heterocycles. The van der Waals surface area contributed by atoms with E-state index in [4.69, 9.17) is 4.74 Å². The molecule has 1 aromatic carbocycles. The van der Waals surface area contributed by atoms with Gasteiger partial charge in [0.15, 0.2) is 5.96 Å². The normalized spacial score (nSPS) is 11.8. The van der Waals surface area contributed by atoms with Gasteiger partial charge in [0.25, 0.3) is 0 Å². The summed E-state index contributed by atoms with van der Waals surface area (Å²) in [5, 5.41) is 9.04. The van der Waals surface area contributed by atoms with Gasteiger partial charge in [-0.05, 0) is 54.4 Å². The van der Waals surface area contributed by atoms with E-state index in [-0.39, 0.29) is 18.0 Å². The van der Waals surface area contributed by atoms with Gasteiger partial charge in [-0.25, -0.2) is 0 Å². The second-order valence-corrected chi connectivity index (χ2v) is 6.90. The number of rotatable bonds is 5. The molecule has 0 heterocycles. The molecule has 7 heteroatoms. The van der Waals surface area contributed by atoms with Gasteiger partial charge in [-0.3, -0.25) is 9.79 Å². The predicted molar refractivity (Wildman–Crippen MR) is 96.8 cm³/mol. The molecule has 0 unspecified atom stereocenters. The van der Waals surface area contributed by atoms with Crippen molar-refractivity contribution < 1.29 is 9.53 Å². The molecule has 3 N–H and O–H groups in total. The molecular formula is C16H25BrN4O2. The standard InChI is InChI=1S/C16H25BrN4O2/c1-16(2,3)21-14(22)10-20-15(18-4)19-9-11-6-7-13(23-5)12(17)8-11/h6-8H,9-10H2,1-5H3,(H,21,22)(H2,18,19,20). The second kappa shape index (κ2) is 8.76. The second-order valence-electron chi connectivity index (χ2n) is 6.05. The van der Waals surface area contributed by atoms with Crippen molar-refractivity contribution in [3.63, 3.8) is 0 Å². The van der Waals surface area contributed by atoms with Crippen LogP contribution in [0.3, 0.4) is 0 Å². The van der Waals surface area contributed by atoms with Crippen LogP contribution < -0.4 is 20.7 Å². The number of amides is 1. The third-order valence-corrected chi connectivity index (χ3v) is 3.45. The Morgan fingerprint density at radius 3 is 2.52 bits per heavy atom. The Labute approximate surface area is 146 Å². The first-order chi connectivity index (χ1) is 10.7. The van der Waals surface area contributed by atoms with Gasteiger partial charge in [0, 0.05) is 19.1 Å². The lowest BCUT2D eigenvalue weighted by atomic mass is 10.1. The number of carbonyl (C=O) groups is 1. The summed E-state index contributed by atoms with van der Waals surface area (Å²) in [7, 11) is 3.30. The Morgan fingerprint density at radius 2 is 2.00 bits per heavy atom. The minimum Gasteiger partial charge on any atom is -0.496 e. The Balaban J connectivity index is 2.48. The number of ether oxygens (including phenoxy) is 1. The van der Waals surface area contributed by atoms with Crippen molar-refractivity contribution in [2.24, 2.45) is 4.99 Å². The lowest BCUT2D eigenvalue weighted by Gasteiger charge is -2.21. The number of hydrogen-bond acceptors (Lipinski definition) is 3. The fourth-order valence-corrected chi connectivity index (χ4v) is 2.44. The zero-order chi connectivity index (χ0) is 17.5. The smallest absolute Gasteiger partial charge is 0.239 e. The molecule has 0 bridgehead atoms. The average molecular weight is 385 g/mol. The van der Waals surface area contributed by atoms with E-state index in [9.17, 15) is 4.79 Å². The van der Waals surface area contributed by atoms with Gasteiger partial charge < -0.3 is 20.7 Å². The zero-order valence-corrected chi connectivity index (χ0v) is 15.9. The largest absolute Gasteiger partial charge is 0.496 e. The van der Waals surface area contributed by atoms with Crippen molar-refractivity contribution in [2.45, 2.75) is 32.9 Å². The first kappa shape index (κ1) is 19.3. The minimum absolute atomic E-state index is 0.0763. The number of aliphatic imine (C=N–C) groups is 1. The highest BCUT2D eigenvalue weighted by atomic mass is 79.9. The summed E-state index contributed by atoms with van der Waals surface area (Å²) in [6.07, 6.45) is 0. The molecule has 6 nitrogen and oxygen atoms in total. The number of carbonyl (C=O) groups excluding carboxylic acids is 1. The van der Waals surface area contributed by atoms with E-state index in [1.54, 1.807) is 14.2 Å². The monoisotopic (exact) mass is 384 g/mol. The summed E-state index contributed by atoms with van der Waals surface area (Å²) in [5.74, 6) is 1.28. The van der Waals surface area contributed by atoms with Crippen molar-refractivity contribution in [1.29, 1.82) is 0 Å². The first-order valence-electron chi connectivity index (χ1n) is 7.33. The Hall–Kier alpha value is -1.76. The van der Waals surface area contributed by atoms with Crippen LogP contribution in [0, 0.1) is 0 Å². The summed E-state index contributed by atoms with van der Waals surface area (Å²) in [5.41, 5.74) is 0.824. The molecule has 0 aliphatic carbocycles. The molecular weight excluding hydrogens is 360 g/mol. The van der Waals surface area contributed by atoms with E-state index in [2.05, 4.69) is 36.9 Å². The fraction of sp³-hybridized carbons (Fsp3) is 0.500. The van der Waals surface area contributed by atoms with Crippen LogP contribution in [0.4, 0.5) is 0 Å². The molecule has 128 valence electrons. The number of methoxy groups -OCH3 is 1.